The summed E-state index contributed by atoms with van der Waals surface area (Å²) in [6, 6.07) is -0.764. The van der Waals surface area contributed by atoms with E-state index in [-0.39, 0.29) is 18.9 Å². The predicted octanol–water partition coefficient (Wildman–Crippen LogP) is 17.1. The molecule has 5 nitrogen and oxygen atoms in total. The van der Waals surface area contributed by atoms with E-state index in [2.05, 4.69) is 43.5 Å². The normalized spacial score (nSPS) is 13.6. The molecule has 0 fully saturated rings. The Hall–Kier alpha value is -1.43. The first-order valence-corrected chi connectivity index (χ1v) is 27.8. The minimum absolute atomic E-state index is 0.00280. The molecule has 366 valence electrons. The molecule has 0 aromatic rings. The maximum Gasteiger partial charge on any atom is 0.222 e. The number of allylic oxidation sites excluding steroid dienone is 5. The van der Waals surface area contributed by atoms with Crippen LogP contribution in [0.5, 0.6) is 0 Å². The van der Waals surface area contributed by atoms with Crippen molar-refractivity contribution in [1.82, 2.24) is 5.32 Å². The van der Waals surface area contributed by atoms with Gasteiger partial charge >= 0.3 is 0 Å². The summed E-state index contributed by atoms with van der Waals surface area (Å²) in [6.45, 7) is 4.23. The number of unbranched alkanes of at least 4 members (excludes halogenated alkanes) is 38. The van der Waals surface area contributed by atoms with E-state index in [1.807, 2.05) is 6.08 Å². The van der Waals surface area contributed by atoms with Gasteiger partial charge in [0.15, 0.2) is 0 Å². The molecule has 3 atom stereocenters. The Morgan fingerprint density at radius 2 is 0.694 bits per heavy atom. The zero-order valence-electron chi connectivity index (χ0n) is 41.8. The lowest BCUT2D eigenvalue weighted by Gasteiger charge is -2.21. The van der Waals surface area contributed by atoms with Crippen molar-refractivity contribution in [3.63, 3.8) is 0 Å². The number of carbonyl (C=O) groups excluding carboxylic acids is 1. The number of aliphatic hydroxyl groups excluding tert-OH is 3. The van der Waals surface area contributed by atoms with Crippen molar-refractivity contribution in [3.8, 4) is 0 Å². The van der Waals surface area contributed by atoms with Gasteiger partial charge in [0.25, 0.3) is 0 Å². The first-order valence-electron chi connectivity index (χ1n) is 27.8. The van der Waals surface area contributed by atoms with Gasteiger partial charge in [-0.1, -0.05) is 269 Å². The molecule has 0 bridgehead atoms. The molecule has 0 aromatic carbocycles. The lowest BCUT2D eigenvalue weighted by Crippen LogP contribution is -2.45. The number of aliphatic hydroxyl groups is 3. The number of hydrogen-bond acceptors (Lipinski definition) is 4. The van der Waals surface area contributed by atoms with Gasteiger partial charge in [-0.05, 0) is 57.8 Å². The van der Waals surface area contributed by atoms with Crippen molar-refractivity contribution in [2.45, 2.75) is 315 Å². The van der Waals surface area contributed by atoms with Gasteiger partial charge in [0.1, 0.15) is 0 Å². The van der Waals surface area contributed by atoms with Crippen LogP contribution in [-0.2, 0) is 4.79 Å². The highest BCUT2D eigenvalue weighted by atomic mass is 16.3. The van der Waals surface area contributed by atoms with Gasteiger partial charge in [0.05, 0.1) is 31.3 Å². The SMILES string of the molecule is CCCCCCCCCCCCCC/C=C\CCCCCCCCC(O)CC(=O)NC(CO)C(O)/C=C/CC/C=C/CCCCCCCCCCCCCCCCCCCCC. The number of amides is 1. The Bertz CT molecular complexity index is 962. The van der Waals surface area contributed by atoms with Gasteiger partial charge in [0, 0.05) is 0 Å². The van der Waals surface area contributed by atoms with E-state index in [0.717, 1.165) is 32.1 Å². The van der Waals surface area contributed by atoms with Crippen molar-refractivity contribution >= 4 is 5.91 Å². The molecule has 0 saturated carbocycles. The minimum atomic E-state index is -0.954. The van der Waals surface area contributed by atoms with Crippen LogP contribution < -0.4 is 5.32 Å². The second-order valence-electron chi connectivity index (χ2n) is 19.2. The predicted molar refractivity (Wildman–Crippen MR) is 273 cm³/mol. The van der Waals surface area contributed by atoms with Crippen molar-refractivity contribution in [3.05, 3.63) is 36.5 Å². The van der Waals surface area contributed by atoms with E-state index in [4.69, 9.17) is 0 Å². The van der Waals surface area contributed by atoms with Crippen molar-refractivity contribution in [2.75, 3.05) is 6.61 Å². The third kappa shape index (κ3) is 48.0. The Kier molecular flexibility index (Phi) is 51.0. The van der Waals surface area contributed by atoms with Crippen LogP contribution in [0.15, 0.2) is 36.5 Å². The number of hydrogen-bond donors (Lipinski definition) is 4. The standard InChI is InChI=1S/C57H109NO4/c1-3-5-7-9-11-13-15-17-19-21-23-25-27-28-29-31-33-35-37-39-41-43-45-47-49-51-56(61)55(53-59)58-57(62)52-54(60)50-48-46-44-42-40-38-36-34-32-30-26-24-22-20-18-16-14-12-10-8-6-4-2/h32,34,41,43,49,51,54-56,59-61H,3-31,33,35-40,42,44-48,50,52-53H2,1-2H3,(H,58,62)/b34-32-,43-41+,51-49+. The van der Waals surface area contributed by atoms with Crippen molar-refractivity contribution in [1.29, 1.82) is 0 Å². The van der Waals surface area contributed by atoms with Gasteiger partial charge in [-0.15, -0.1) is 0 Å². The van der Waals surface area contributed by atoms with E-state index in [9.17, 15) is 20.1 Å². The first-order chi connectivity index (χ1) is 30.5. The quantitative estimate of drug-likeness (QED) is 0.0362. The van der Waals surface area contributed by atoms with Gasteiger partial charge in [0.2, 0.25) is 5.91 Å². The summed E-state index contributed by atoms with van der Waals surface area (Å²) >= 11 is 0. The van der Waals surface area contributed by atoms with Crippen LogP contribution in [0.1, 0.15) is 296 Å². The molecule has 0 aromatic heterocycles. The molecule has 62 heavy (non-hydrogen) atoms. The molecule has 0 aliphatic carbocycles. The highest BCUT2D eigenvalue weighted by molar-refractivity contribution is 5.76. The van der Waals surface area contributed by atoms with E-state index >= 15 is 0 Å². The summed E-state index contributed by atoms with van der Waals surface area (Å²) in [6.07, 6.45) is 67.6. The Morgan fingerprint density at radius 3 is 1.03 bits per heavy atom. The fourth-order valence-corrected chi connectivity index (χ4v) is 8.65. The monoisotopic (exact) mass is 872 g/mol. The third-order valence-electron chi connectivity index (χ3n) is 12.9. The highest BCUT2D eigenvalue weighted by Gasteiger charge is 2.20. The Labute approximate surface area is 387 Å². The minimum Gasteiger partial charge on any atom is -0.394 e. The van der Waals surface area contributed by atoms with Gasteiger partial charge in [-0.2, -0.15) is 0 Å². The van der Waals surface area contributed by atoms with E-state index in [1.165, 1.54) is 238 Å². The van der Waals surface area contributed by atoms with Crippen molar-refractivity contribution < 1.29 is 20.1 Å². The zero-order chi connectivity index (χ0) is 45.1. The second-order valence-corrected chi connectivity index (χ2v) is 19.2. The summed E-state index contributed by atoms with van der Waals surface area (Å²) in [5, 5.41) is 33.4. The summed E-state index contributed by atoms with van der Waals surface area (Å²) in [7, 11) is 0. The molecule has 3 unspecified atom stereocenters. The zero-order valence-corrected chi connectivity index (χ0v) is 41.8. The summed E-state index contributed by atoms with van der Waals surface area (Å²) in [5.74, 6) is -0.325. The smallest absolute Gasteiger partial charge is 0.222 e. The molecule has 0 saturated heterocycles. The largest absolute Gasteiger partial charge is 0.394 e. The van der Waals surface area contributed by atoms with Gasteiger partial charge in [-0.3, -0.25) is 4.79 Å². The Morgan fingerprint density at radius 1 is 0.403 bits per heavy atom. The van der Waals surface area contributed by atoms with Crippen LogP contribution in [-0.4, -0.2) is 46.1 Å². The maximum atomic E-state index is 12.5. The second kappa shape index (κ2) is 52.2. The molecule has 0 spiro atoms. The average molecular weight is 873 g/mol. The molecule has 1 amide bonds. The van der Waals surface area contributed by atoms with Crippen LogP contribution in [0.2, 0.25) is 0 Å². The maximum absolute atomic E-state index is 12.5. The van der Waals surface area contributed by atoms with Crippen LogP contribution in [0.4, 0.5) is 0 Å². The first kappa shape index (κ1) is 60.6. The third-order valence-corrected chi connectivity index (χ3v) is 12.9. The molecule has 0 aliphatic heterocycles. The van der Waals surface area contributed by atoms with Crippen LogP contribution in [0.3, 0.4) is 0 Å². The molecule has 0 rings (SSSR count). The molecular formula is C57H109NO4. The van der Waals surface area contributed by atoms with Crippen molar-refractivity contribution in [2.24, 2.45) is 0 Å². The molecule has 5 heteroatoms. The number of carbonyl (C=O) groups is 1. The lowest BCUT2D eigenvalue weighted by molar-refractivity contribution is -0.124. The number of nitrogens with one attached hydrogen (secondary N) is 1. The van der Waals surface area contributed by atoms with E-state index in [0.29, 0.717) is 6.42 Å². The highest BCUT2D eigenvalue weighted by Crippen LogP contribution is 2.17. The topological polar surface area (TPSA) is 89.8 Å². The summed E-state index contributed by atoms with van der Waals surface area (Å²) in [4.78, 5) is 12.5. The molecular weight excluding hydrogens is 763 g/mol. The average Bonchev–Trinajstić information content (AvgIpc) is 3.27. The van der Waals surface area contributed by atoms with E-state index in [1.54, 1.807) is 6.08 Å². The van der Waals surface area contributed by atoms with Crippen LogP contribution >= 0.6 is 0 Å². The van der Waals surface area contributed by atoms with Gasteiger partial charge < -0.3 is 20.6 Å². The fraction of sp³-hybridized carbons (Fsp3) is 0.877. The molecule has 0 aliphatic rings. The Balaban J connectivity index is 3.62. The molecule has 0 radical (unpaired) electrons. The van der Waals surface area contributed by atoms with Crippen LogP contribution in [0.25, 0.3) is 0 Å². The lowest BCUT2D eigenvalue weighted by atomic mass is 10.0. The fourth-order valence-electron chi connectivity index (χ4n) is 8.65. The van der Waals surface area contributed by atoms with Gasteiger partial charge in [-0.25, -0.2) is 0 Å². The molecule has 4 N–H and O–H groups in total. The van der Waals surface area contributed by atoms with Crippen LogP contribution in [0, 0.1) is 0 Å². The summed E-state index contributed by atoms with van der Waals surface area (Å²) in [5.41, 5.74) is 0. The van der Waals surface area contributed by atoms with E-state index < -0.39 is 18.2 Å². The summed E-state index contributed by atoms with van der Waals surface area (Å²) < 4.78 is 0. The number of rotatable bonds is 51. The molecule has 0 heterocycles.